The predicted molar refractivity (Wildman–Crippen MR) is 88.8 cm³/mol. The molecule has 1 amide bonds. The van der Waals surface area contributed by atoms with E-state index in [1.54, 1.807) is 12.1 Å². The molecular weight excluding hydrogens is 433 g/mol. The van der Waals surface area contributed by atoms with E-state index < -0.39 is 11.7 Å². The van der Waals surface area contributed by atoms with Crippen molar-refractivity contribution in [3.8, 4) is 0 Å². The van der Waals surface area contributed by atoms with E-state index in [-0.39, 0.29) is 0 Å². The zero-order valence-corrected chi connectivity index (χ0v) is 14.0. The van der Waals surface area contributed by atoms with E-state index in [9.17, 15) is 9.59 Å². The summed E-state index contributed by atoms with van der Waals surface area (Å²) in [6, 6.07) is 13.3. The molecule has 2 aromatic rings. The fraction of sp³-hybridized carbons (Fsp3) is 0.0667. The van der Waals surface area contributed by atoms with Crippen LogP contribution in [-0.2, 0) is 11.3 Å². The Kier molecular flexibility index (Phi) is 3.64. The number of fused-ring (bicyclic) bond motifs is 1. The van der Waals surface area contributed by atoms with Crippen molar-refractivity contribution in [1.29, 1.82) is 0 Å². The molecule has 1 aliphatic rings. The topological polar surface area (TPSA) is 37.4 Å². The molecule has 0 unspecified atom stereocenters. The van der Waals surface area contributed by atoms with Crippen LogP contribution >= 0.6 is 38.5 Å². The number of anilines is 1. The van der Waals surface area contributed by atoms with Crippen LogP contribution in [0.3, 0.4) is 0 Å². The smallest absolute Gasteiger partial charge is 0.299 e. The fourth-order valence-corrected chi connectivity index (χ4v) is 3.13. The first kappa shape index (κ1) is 13.8. The minimum absolute atomic E-state index is 0.408. The molecule has 1 heterocycles. The third-order valence-corrected chi connectivity index (χ3v) is 4.58. The van der Waals surface area contributed by atoms with Gasteiger partial charge < -0.3 is 4.90 Å². The van der Waals surface area contributed by atoms with E-state index in [2.05, 4.69) is 38.5 Å². The second kappa shape index (κ2) is 5.29. The number of carbonyl (C=O) groups is 2. The van der Waals surface area contributed by atoms with Crippen LogP contribution in [0.1, 0.15) is 15.9 Å². The maximum absolute atomic E-state index is 12.1. The largest absolute Gasteiger partial charge is 0.300 e. The molecule has 0 fully saturated rings. The lowest BCUT2D eigenvalue weighted by Crippen LogP contribution is -2.29. The summed E-state index contributed by atoms with van der Waals surface area (Å²) in [5, 5.41) is 0. The number of halogens is 2. The molecule has 1 aliphatic heterocycles. The normalized spacial score (nSPS) is 13.8. The number of rotatable bonds is 2. The van der Waals surface area contributed by atoms with Crippen molar-refractivity contribution in [3.05, 3.63) is 61.6 Å². The van der Waals surface area contributed by atoms with Crippen molar-refractivity contribution in [3.63, 3.8) is 0 Å². The Morgan fingerprint density at radius 1 is 1.05 bits per heavy atom. The van der Waals surface area contributed by atoms with Crippen molar-refractivity contribution >= 4 is 55.9 Å². The van der Waals surface area contributed by atoms with Crippen LogP contribution in [0.5, 0.6) is 0 Å². The molecule has 0 saturated heterocycles. The molecule has 5 heteroatoms. The highest BCUT2D eigenvalue weighted by atomic mass is 127. The Morgan fingerprint density at radius 3 is 2.45 bits per heavy atom. The Labute approximate surface area is 138 Å². The van der Waals surface area contributed by atoms with E-state index >= 15 is 0 Å². The highest BCUT2D eigenvalue weighted by molar-refractivity contribution is 14.1. The van der Waals surface area contributed by atoms with E-state index in [1.165, 1.54) is 4.90 Å². The molecule has 0 spiro atoms. The molecule has 0 atom stereocenters. The average molecular weight is 442 g/mol. The highest BCUT2D eigenvalue weighted by Gasteiger charge is 2.37. The van der Waals surface area contributed by atoms with Gasteiger partial charge in [-0.25, -0.2) is 0 Å². The standard InChI is InChI=1S/C15H9BrINO2/c16-11-2-1-3-12-13(11)14(19)15(20)18(12)8-9-4-6-10(17)7-5-9/h1-7H,8H2. The summed E-state index contributed by atoms with van der Waals surface area (Å²) in [6.07, 6.45) is 0. The first-order chi connectivity index (χ1) is 9.58. The number of nitrogens with zero attached hydrogens (tertiary/aromatic N) is 1. The van der Waals surface area contributed by atoms with Crippen LogP contribution in [0.15, 0.2) is 46.9 Å². The van der Waals surface area contributed by atoms with Crippen LogP contribution in [0.4, 0.5) is 5.69 Å². The summed E-state index contributed by atoms with van der Waals surface area (Å²) in [7, 11) is 0. The third kappa shape index (κ3) is 2.29. The van der Waals surface area contributed by atoms with Gasteiger partial charge in [0.2, 0.25) is 0 Å². The molecule has 0 bridgehead atoms. The minimum atomic E-state index is -0.467. The first-order valence-electron chi connectivity index (χ1n) is 5.97. The molecule has 0 saturated carbocycles. The lowest BCUT2D eigenvalue weighted by Gasteiger charge is -2.16. The maximum atomic E-state index is 12.1. The van der Waals surface area contributed by atoms with Crippen molar-refractivity contribution in [2.24, 2.45) is 0 Å². The maximum Gasteiger partial charge on any atom is 0.299 e. The summed E-state index contributed by atoms with van der Waals surface area (Å²) < 4.78 is 1.80. The van der Waals surface area contributed by atoms with Crippen molar-refractivity contribution in [2.45, 2.75) is 6.54 Å². The molecule has 20 heavy (non-hydrogen) atoms. The molecule has 3 nitrogen and oxygen atoms in total. The summed E-state index contributed by atoms with van der Waals surface area (Å²) in [5.74, 6) is -0.913. The van der Waals surface area contributed by atoms with Crippen LogP contribution in [0, 0.1) is 3.57 Å². The fourth-order valence-electron chi connectivity index (χ4n) is 2.23. The molecule has 0 N–H and O–H groups in total. The zero-order chi connectivity index (χ0) is 14.3. The second-order valence-corrected chi connectivity index (χ2v) is 6.58. The van der Waals surface area contributed by atoms with Crippen LogP contribution in [0.25, 0.3) is 0 Å². The number of hydrogen-bond donors (Lipinski definition) is 0. The minimum Gasteiger partial charge on any atom is -0.300 e. The van der Waals surface area contributed by atoms with Crippen molar-refractivity contribution < 1.29 is 9.59 Å². The Hall–Kier alpha value is -1.21. The van der Waals surface area contributed by atoms with Gasteiger partial charge in [0, 0.05) is 8.04 Å². The predicted octanol–water partition coefficient (Wildman–Crippen LogP) is 3.78. The average Bonchev–Trinajstić information content (AvgIpc) is 2.67. The SMILES string of the molecule is O=C1C(=O)N(Cc2ccc(I)cc2)c2cccc(Br)c21. The molecule has 0 radical (unpaired) electrons. The van der Waals surface area contributed by atoms with E-state index in [0.717, 1.165) is 9.13 Å². The summed E-state index contributed by atoms with van der Waals surface area (Å²) >= 11 is 5.57. The Morgan fingerprint density at radius 2 is 1.75 bits per heavy atom. The lowest BCUT2D eigenvalue weighted by molar-refractivity contribution is -0.114. The summed E-state index contributed by atoms with van der Waals surface area (Å²) in [4.78, 5) is 25.7. The second-order valence-electron chi connectivity index (χ2n) is 4.48. The quantitative estimate of drug-likeness (QED) is 0.525. The van der Waals surface area contributed by atoms with Crippen molar-refractivity contribution in [2.75, 3.05) is 4.90 Å². The van der Waals surface area contributed by atoms with Gasteiger partial charge in [-0.1, -0.05) is 18.2 Å². The number of benzene rings is 2. The first-order valence-corrected chi connectivity index (χ1v) is 7.84. The van der Waals surface area contributed by atoms with Crippen LogP contribution in [0.2, 0.25) is 0 Å². The van der Waals surface area contributed by atoms with Gasteiger partial charge in [-0.05, 0) is 68.3 Å². The number of amides is 1. The van der Waals surface area contributed by atoms with Crippen LogP contribution < -0.4 is 4.90 Å². The Balaban J connectivity index is 1.99. The summed E-state index contributed by atoms with van der Waals surface area (Å²) in [6.45, 7) is 0.408. The van der Waals surface area contributed by atoms with Gasteiger partial charge in [-0.3, -0.25) is 9.59 Å². The van der Waals surface area contributed by atoms with E-state index in [4.69, 9.17) is 0 Å². The Bertz CT molecular complexity index is 712. The number of ketones is 1. The molecule has 3 rings (SSSR count). The highest BCUT2D eigenvalue weighted by Crippen LogP contribution is 2.35. The van der Waals surface area contributed by atoms with Gasteiger partial charge in [0.25, 0.3) is 11.7 Å². The number of hydrogen-bond acceptors (Lipinski definition) is 2. The van der Waals surface area contributed by atoms with Gasteiger partial charge in [0.15, 0.2) is 0 Å². The van der Waals surface area contributed by atoms with Gasteiger partial charge in [-0.15, -0.1) is 0 Å². The molecular formula is C15H9BrINO2. The van der Waals surface area contributed by atoms with E-state index in [0.29, 0.717) is 22.3 Å². The molecule has 2 aromatic carbocycles. The molecule has 0 aromatic heterocycles. The van der Waals surface area contributed by atoms with Gasteiger partial charge in [0.1, 0.15) is 0 Å². The number of Topliss-reactive ketones (excluding diaryl/α,β-unsaturated/α-hetero) is 1. The summed E-state index contributed by atoms with van der Waals surface area (Å²) in [5.41, 5.74) is 2.13. The third-order valence-electron chi connectivity index (χ3n) is 3.20. The van der Waals surface area contributed by atoms with Gasteiger partial charge >= 0.3 is 0 Å². The van der Waals surface area contributed by atoms with Gasteiger partial charge in [-0.2, -0.15) is 0 Å². The molecule has 0 aliphatic carbocycles. The van der Waals surface area contributed by atoms with Crippen molar-refractivity contribution in [1.82, 2.24) is 0 Å². The van der Waals surface area contributed by atoms with Crippen LogP contribution in [-0.4, -0.2) is 11.7 Å². The monoisotopic (exact) mass is 441 g/mol. The lowest BCUT2D eigenvalue weighted by atomic mass is 10.1. The number of carbonyl (C=O) groups excluding carboxylic acids is 2. The van der Waals surface area contributed by atoms with Gasteiger partial charge in [0.05, 0.1) is 17.8 Å². The zero-order valence-electron chi connectivity index (χ0n) is 10.3. The molecule has 100 valence electrons. The van der Waals surface area contributed by atoms with E-state index in [1.807, 2.05) is 30.3 Å².